The number of carbonyl (C=O) groups is 2. The Bertz CT molecular complexity index is 416. The summed E-state index contributed by atoms with van der Waals surface area (Å²) in [5.41, 5.74) is 0. The topological polar surface area (TPSA) is 63.6 Å². The number of hydrogen-bond acceptors (Lipinski definition) is 4. The minimum atomic E-state index is -0.250. The Balaban J connectivity index is 2.34. The highest BCUT2D eigenvalue weighted by molar-refractivity contribution is 5.94. The lowest BCUT2D eigenvalue weighted by Crippen LogP contribution is -2.19. The molecule has 2 unspecified atom stereocenters. The SMILES string of the molecule is CCCCCC(O)CC[C@H]1C=CC(=O)[C@H]1CCC(C)CC(=O)OC. The molecule has 0 radical (unpaired) electrons. The zero-order valence-corrected chi connectivity index (χ0v) is 15.5. The van der Waals surface area contributed by atoms with Gasteiger partial charge in [-0.05, 0) is 50.0 Å². The van der Waals surface area contributed by atoms with Crippen LogP contribution in [0.3, 0.4) is 0 Å². The van der Waals surface area contributed by atoms with Gasteiger partial charge >= 0.3 is 5.97 Å². The molecule has 1 N–H and O–H groups in total. The zero-order chi connectivity index (χ0) is 17.9. The average molecular weight is 338 g/mol. The van der Waals surface area contributed by atoms with Gasteiger partial charge in [0.1, 0.15) is 0 Å². The fourth-order valence-electron chi connectivity index (χ4n) is 3.43. The fourth-order valence-corrected chi connectivity index (χ4v) is 3.43. The van der Waals surface area contributed by atoms with Gasteiger partial charge < -0.3 is 9.84 Å². The van der Waals surface area contributed by atoms with Crippen molar-refractivity contribution >= 4 is 11.8 Å². The number of aliphatic hydroxyl groups is 1. The third-order valence-electron chi connectivity index (χ3n) is 5.08. The Hall–Kier alpha value is -1.16. The molecule has 4 heteroatoms. The Morgan fingerprint density at radius 2 is 2.00 bits per heavy atom. The molecule has 0 aliphatic heterocycles. The van der Waals surface area contributed by atoms with Crippen LogP contribution >= 0.6 is 0 Å². The van der Waals surface area contributed by atoms with Crippen molar-refractivity contribution in [1.82, 2.24) is 0 Å². The number of methoxy groups -OCH3 is 1. The van der Waals surface area contributed by atoms with Gasteiger partial charge in [0, 0.05) is 12.3 Å². The molecule has 0 spiro atoms. The molecule has 0 aromatic rings. The van der Waals surface area contributed by atoms with Crippen LogP contribution in [0.5, 0.6) is 0 Å². The van der Waals surface area contributed by atoms with Crippen LogP contribution < -0.4 is 0 Å². The summed E-state index contributed by atoms with van der Waals surface area (Å²) < 4.78 is 4.69. The van der Waals surface area contributed by atoms with Crippen molar-refractivity contribution in [2.45, 2.75) is 77.7 Å². The van der Waals surface area contributed by atoms with Crippen molar-refractivity contribution in [3.8, 4) is 0 Å². The van der Waals surface area contributed by atoms with Gasteiger partial charge in [-0.2, -0.15) is 0 Å². The first-order valence-electron chi connectivity index (χ1n) is 9.44. The van der Waals surface area contributed by atoms with Crippen LogP contribution in [0.25, 0.3) is 0 Å². The van der Waals surface area contributed by atoms with E-state index in [-0.39, 0.29) is 35.6 Å². The lowest BCUT2D eigenvalue weighted by atomic mass is 9.84. The zero-order valence-electron chi connectivity index (χ0n) is 15.5. The molecule has 1 aliphatic carbocycles. The summed E-state index contributed by atoms with van der Waals surface area (Å²) in [7, 11) is 1.40. The molecule has 1 aliphatic rings. The van der Waals surface area contributed by atoms with Gasteiger partial charge in [-0.25, -0.2) is 0 Å². The molecule has 1 rings (SSSR count). The number of esters is 1. The molecule has 0 aromatic heterocycles. The van der Waals surface area contributed by atoms with Crippen molar-refractivity contribution in [3.05, 3.63) is 12.2 Å². The molecular weight excluding hydrogens is 304 g/mol. The maximum Gasteiger partial charge on any atom is 0.305 e. The van der Waals surface area contributed by atoms with E-state index in [0.717, 1.165) is 38.5 Å². The van der Waals surface area contributed by atoms with E-state index in [1.54, 1.807) is 6.08 Å². The second-order valence-electron chi connectivity index (χ2n) is 7.22. The van der Waals surface area contributed by atoms with E-state index in [2.05, 4.69) is 6.92 Å². The predicted octanol–water partition coefficient (Wildman–Crippen LogP) is 4.06. The number of aliphatic hydroxyl groups excluding tert-OH is 1. The summed E-state index contributed by atoms with van der Waals surface area (Å²) in [6, 6.07) is 0. The predicted molar refractivity (Wildman–Crippen MR) is 95.5 cm³/mol. The molecular formula is C20H34O4. The molecule has 0 fully saturated rings. The first kappa shape index (κ1) is 20.9. The first-order valence-corrected chi connectivity index (χ1v) is 9.44. The standard InChI is InChI=1S/C20H34O4/c1-4-5-6-7-17(21)11-9-16-10-13-19(22)18(16)12-8-15(2)14-20(23)24-3/h10,13,15-18,21H,4-9,11-12,14H2,1-3H3/t15?,16-,17?,18-/m0/s1. The molecule has 0 heterocycles. The van der Waals surface area contributed by atoms with E-state index < -0.39 is 0 Å². The largest absolute Gasteiger partial charge is 0.469 e. The van der Waals surface area contributed by atoms with Crippen LogP contribution in [-0.4, -0.2) is 30.1 Å². The molecule has 0 aromatic carbocycles. The van der Waals surface area contributed by atoms with E-state index in [9.17, 15) is 14.7 Å². The third kappa shape index (κ3) is 7.61. The molecule has 0 bridgehead atoms. The molecule has 138 valence electrons. The Labute approximate surface area is 146 Å². The maximum atomic E-state index is 12.1. The third-order valence-corrected chi connectivity index (χ3v) is 5.08. The highest BCUT2D eigenvalue weighted by Gasteiger charge is 2.30. The molecule has 0 amide bonds. The normalized spacial score (nSPS) is 22.6. The van der Waals surface area contributed by atoms with Crippen LogP contribution in [0.2, 0.25) is 0 Å². The van der Waals surface area contributed by atoms with Crippen LogP contribution in [0.4, 0.5) is 0 Å². The number of allylic oxidation sites excluding steroid dienone is 2. The minimum absolute atomic E-state index is 0.0212. The molecule has 0 saturated heterocycles. The van der Waals surface area contributed by atoms with E-state index >= 15 is 0 Å². The van der Waals surface area contributed by atoms with Crippen LogP contribution in [0, 0.1) is 17.8 Å². The van der Waals surface area contributed by atoms with E-state index in [0.29, 0.717) is 6.42 Å². The Morgan fingerprint density at radius 3 is 2.67 bits per heavy atom. The quantitative estimate of drug-likeness (QED) is 0.430. The highest BCUT2D eigenvalue weighted by atomic mass is 16.5. The van der Waals surface area contributed by atoms with Gasteiger partial charge in [0.25, 0.3) is 0 Å². The van der Waals surface area contributed by atoms with Gasteiger partial charge in [0.15, 0.2) is 5.78 Å². The average Bonchev–Trinajstić information content (AvgIpc) is 2.91. The van der Waals surface area contributed by atoms with E-state index in [1.807, 2.05) is 13.0 Å². The van der Waals surface area contributed by atoms with Gasteiger partial charge in [0.2, 0.25) is 0 Å². The number of unbranched alkanes of at least 4 members (excludes halogenated alkanes) is 2. The van der Waals surface area contributed by atoms with Crippen LogP contribution in [0.1, 0.15) is 71.6 Å². The number of ether oxygens (including phenoxy) is 1. The van der Waals surface area contributed by atoms with Gasteiger partial charge in [-0.1, -0.05) is 39.2 Å². The summed E-state index contributed by atoms with van der Waals surface area (Å²) in [6.07, 6.45) is 11.4. The maximum absolute atomic E-state index is 12.1. The lowest BCUT2D eigenvalue weighted by Gasteiger charge is -2.21. The summed E-state index contributed by atoms with van der Waals surface area (Å²) in [4.78, 5) is 23.4. The van der Waals surface area contributed by atoms with Crippen molar-refractivity contribution in [2.24, 2.45) is 17.8 Å². The molecule has 4 nitrogen and oxygen atoms in total. The lowest BCUT2D eigenvalue weighted by molar-refractivity contribution is -0.141. The van der Waals surface area contributed by atoms with Crippen molar-refractivity contribution in [3.63, 3.8) is 0 Å². The summed E-state index contributed by atoms with van der Waals surface area (Å²) in [6.45, 7) is 4.18. The number of hydrogen-bond donors (Lipinski definition) is 1. The van der Waals surface area contributed by atoms with E-state index in [1.165, 1.54) is 20.0 Å². The minimum Gasteiger partial charge on any atom is -0.469 e. The van der Waals surface area contributed by atoms with Crippen molar-refractivity contribution < 1.29 is 19.4 Å². The van der Waals surface area contributed by atoms with Crippen LogP contribution in [0.15, 0.2) is 12.2 Å². The second kappa shape index (κ2) is 11.4. The molecule has 0 saturated carbocycles. The van der Waals surface area contributed by atoms with E-state index in [4.69, 9.17) is 4.74 Å². The van der Waals surface area contributed by atoms with Crippen LogP contribution in [-0.2, 0) is 14.3 Å². The summed E-state index contributed by atoms with van der Waals surface area (Å²) in [5, 5.41) is 10.1. The number of rotatable bonds is 12. The molecule has 4 atom stereocenters. The van der Waals surface area contributed by atoms with Crippen molar-refractivity contribution in [2.75, 3.05) is 7.11 Å². The summed E-state index contributed by atoms with van der Waals surface area (Å²) in [5.74, 6) is 0.499. The van der Waals surface area contributed by atoms with Gasteiger partial charge in [-0.15, -0.1) is 0 Å². The number of carbonyl (C=O) groups excluding carboxylic acids is 2. The second-order valence-corrected chi connectivity index (χ2v) is 7.22. The monoisotopic (exact) mass is 338 g/mol. The summed E-state index contributed by atoms with van der Waals surface area (Å²) >= 11 is 0. The molecule has 24 heavy (non-hydrogen) atoms. The number of ketones is 1. The van der Waals surface area contributed by atoms with Gasteiger partial charge in [-0.3, -0.25) is 9.59 Å². The first-order chi connectivity index (χ1) is 11.5. The smallest absolute Gasteiger partial charge is 0.305 e. The Kier molecular flexibility index (Phi) is 9.92. The Morgan fingerprint density at radius 1 is 1.25 bits per heavy atom. The fraction of sp³-hybridized carbons (Fsp3) is 0.800. The highest BCUT2D eigenvalue weighted by Crippen LogP contribution is 2.32. The van der Waals surface area contributed by atoms with Gasteiger partial charge in [0.05, 0.1) is 13.2 Å². The van der Waals surface area contributed by atoms with Crippen molar-refractivity contribution in [1.29, 1.82) is 0 Å².